The summed E-state index contributed by atoms with van der Waals surface area (Å²) in [6, 6.07) is 6.35. The second-order valence-corrected chi connectivity index (χ2v) is 2.30. The molecular formula is C8H9N3O2. The second-order valence-electron chi connectivity index (χ2n) is 2.30. The maximum absolute atomic E-state index is 8.94. The molecule has 1 rings (SSSR count). The predicted molar refractivity (Wildman–Crippen MR) is 47.6 cm³/mol. The monoisotopic (exact) mass is 179 g/mol. The molecule has 1 N–H and O–H groups in total. The Morgan fingerprint density at radius 3 is 2.69 bits per heavy atom. The summed E-state index contributed by atoms with van der Waals surface area (Å²) in [5.41, 5.74) is 7.97. The van der Waals surface area contributed by atoms with Crippen molar-refractivity contribution < 1.29 is 9.84 Å². The van der Waals surface area contributed by atoms with Gasteiger partial charge in [0.25, 0.3) is 0 Å². The van der Waals surface area contributed by atoms with Crippen LogP contribution in [0.15, 0.2) is 29.4 Å². The molecule has 5 nitrogen and oxygen atoms in total. The number of phenols is 1. The summed E-state index contributed by atoms with van der Waals surface area (Å²) in [5.74, 6) is 0.841. The van der Waals surface area contributed by atoms with E-state index in [0.29, 0.717) is 18.9 Å². The molecule has 5 heteroatoms. The van der Waals surface area contributed by atoms with Crippen LogP contribution in [0.25, 0.3) is 10.4 Å². The molecule has 0 saturated heterocycles. The molecule has 0 fully saturated rings. The molecule has 0 bridgehead atoms. The van der Waals surface area contributed by atoms with Gasteiger partial charge in [-0.1, -0.05) is 5.11 Å². The van der Waals surface area contributed by atoms with Crippen LogP contribution < -0.4 is 4.74 Å². The van der Waals surface area contributed by atoms with E-state index >= 15 is 0 Å². The van der Waals surface area contributed by atoms with Crippen LogP contribution in [-0.2, 0) is 0 Å². The fourth-order valence-corrected chi connectivity index (χ4v) is 0.791. The third kappa shape index (κ3) is 3.35. The van der Waals surface area contributed by atoms with E-state index < -0.39 is 0 Å². The highest BCUT2D eigenvalue weighted by atomic mass is 16.5. The number of hydrogen-bond acceptors (Lipinski definition) is 3. The second kappa shape index (κ2) is 4.90. The molecule has 1 aromatic rings. The van der Waals surface area contributed by atoms with Crippen molar-refractivity contribution in [2.45, 2.75) is 0 Å². The maximum Gasteiger partial charge on any atom is 0.119 e. The number of aromatic hydroxyl groups is 1. The van der Waals surface area contributed by atoms with Gasteiger partial charge in [-0.2, -0.15) is 0 Å². The Bertz CT molecular complexity index is 304. The van der Waals surface area contributed by atoms with Crippen LogP contribution in [0.1, 0.15) is 0 Å². The first kappa shape index (κ1) is 9.22. The van der Waals surface area contributed by atoms with Crippen molar-refractivity contribution in [1.29, 1.82) is 0 Å². The molecule has 1 aromatic carbocycles. The summed E-state index contributed by atoms with van der Waals surface area (Å²) in [4.78, 5) is 2.59. The average molecular weight is 179 g/mol. The molecule has 0 heterocycles. The summed E-state index contributed by atoms with van der Waals surface area (Å²) in [7, 11) is 0. The van der Waals surface area contributed by atoms with Gasteiger partial charge in [-0.3, -0.25) is 0 Å². The Balaban J connectivity index is 2.37. The SMILES string of the molecule is [N-]=[N+]=NCCOc1ccc(O)cc1. The van der Waals surface area contributed by atoms with Crippen LogP contribution in [0.3, 0.4) is 0 Å². The first-order valence-corrected chi connectivity index (χ1v) is 3.75. The van der Waals surface area contributed by atoms with Crippen LogP contribution in [0.2, 0.25) is 0 Å². The topological polar surface area (TPSA) is 78.2 Å². The number of benzene rings is 1. The van der Waals surface area contributed by atoms with Crippen LogP contribution in [0.5, 0.6) is 11.5 Å². The van der Waals surface area contributed by atoms with Gasteiger partial charge in [-0.15, -0.1) is 0 Å². The van der Waals surface area contributed by atoms with Crippen LogP contribution in [0, 0.1) is 0 Å². The first-order chi connectivity index (χ1) is 6.33. The fraction of sp³-hybridized carbons (Fsp3) is 0.250. The number of azide groups is 1. The highest BCUT2D eigenvalue weighted by molar-refractivity contribution is 5.29. The maximum atomic E-state index is 8.94. The van der Waals surface area contributed by atoms with E-state index in [2.05, 4.69) is 10.0 Å². The van der Waals surface area contributed by atoms with Crippen molar-refractivity contribution in [2.24, 2.45) is 5.11 Å². The minimum Gasteiger partial charge on any atom is -0.508 e. The van der Waals surface area contributed by atoms with Crippen LogP contribution in [0.4, 0.5) is 0 Å². The summed E-state index contributed by atoms with van der Waals surface area (Å²) in [6.45, 7) is 0.645. The minimum atomic E-state index is 0.197. The molecule has 13 heavy (non-hydrogen) atoms. The quantitative estimate of drug-likeness (QED) is 0.332. The molecule has 0 saturated carbocycles. The lowest BCUT2D eigenvalue weighted by Gasteiger charge is -2.02. The van der Waals surface area contributed by atoms with Crippen molar-refractivity contribution in [1.82, 2.24) is 0 Å². The van der Waals surface area contributed by atoms with Crippen molar-refractivity contribution in [2.75, 3.05) is 13.2 Å². The van der Waals surface area contributed by atoms with Crippen molar-refractivity contribution in [3.63, 3.8) is 0 Å². The highest BCUT2D eigenvalue weighted by Gasteiger charge is 1.92. The molecule has 0 atom stereocenters. The molecule has 0 aliphatic carbocycles. The molecule has 0 aliphatic heterocycles. The lowest BCUT2D eigenvalue weighted by atomic mass is 10.3. The molecule has 68 valence electrons. The smallest absolute Gasteiger partial charge is 0.119 e. The zero-order valence-corrected chi connectivity index (χ0v) is 6.92. The molecular weight excluding hydrogens is 170 g/mol. The van der Waals surface area contributed by atoms with Gasteiger partial charge < -0.3 is 9.84 Å². The van der Waals surface area contributed by atoms with Gasteiger partial charge in [-0.25, -0.2) is 0 Å². The van der Waals surface area contributed by atoms with Gasteiger partial charge in [0.05, 0.1) is 13.2 Å². The molecule has 0 aromatic heterocycles. The third-order valence-corrected chi connectivity index (χ3v) is 1.36. The van der Waals surface area contributed by atoms with Crippen LogP contribution in [-0.4, -0.2) is 18.3 Å². The van der Waals surface area contributed by atoms with Crippen molar-refractivity contribution >= 4 is 0 Å². The van der Waals surface area contributed by atoms with Gasteiger partial charge in [0.1, 0.15) is 11.5 Å². The van der Waals surface area contributed by atoms with Gasteiger partial charge >= 0.3 is 0 Å². The zero-order valence-electron chi connectivity index (χ0n) is 6.92. The summed E-state index contributed by atoms with van der Waals surface area (Å²) >= 11 is 0. The number of nitrogens with zero attached hydrogens (tertiary/aromatic N) is 3. The molecule has 0 aliphatic rings. The predicted octanol–water partition coefficient (Wildman–Crippen LogP) is 2.08. The first-order valence-electron chi connectivity index (χ1n) is 3.75. The summed E-state index contributed by atoms with van der Waals surface area (Å²) < 4.78 is 5.19. The van der Waals surface area contributed by atoms with E-state index in [4.69, 9.17) is 15.4 Å². The van der Waals surface area contributed by atoms with Gasteiger partial charge in [0, 0.05) is 4.91 Å². The van der Waals surface area contributed by atoms with E-state index in [-0.39, 0.29) is 5.75 Å². The van der Waals surface area contributed by atoms with E-state index in [0.717, 1.165) is 0 Å². The number of ether oxygens (including phenoxy) is 1. The average Bonchev–Trinajstić information content (AvgIpc) is 2.15. The number of rotatable bonds is 4. The molecule has 0 radical (unpaired) electrons. The van der Waals surface area contributed by atoms with Crippen molar-refractivity contribution in [3.05, 3.63) is 34.7 Å². The Labute approximate surface area is 75.2 Å². The number of phenolic OH excluding ortho intramolecular Hbond substituents is 1. The van der Waals surface area contributed by atoms with E-state index in [1.807, 2.05) is 0 Å². The fourth-order valence-electron chi connectivity index (χ4n) is 0.791. The normalized spacial score (nSPS) is 8.92. The van der Waals surface area contributed by atoms with E-state index in [1.165, 1.54) is 12.1 Å². The van der Waals surface area contributed by atoms with Crippen LogP contribution >= 0.6 is 0 Å². The standard InChI is InChI=1S/C8H9N3O2/c9-11-10-5-6-13-8-3-1-7(12)2-4-8/h1-4,12H,5-6H2. The van der Waals surface area contributed by atoms with Crippen molar-refractivity contribution in [3.8, 4) is 11.5 Å². The number of hydrogen-bond donors (Lipinski definition) is 1. The Morgan fingerprint density at radius 1 is 1.38 bits per heavy atom. The summed E-state index contributed by atoms with van der Waals surface area (Å²) in [6.07, 6.45) is 0. The zero-order chi connectivity index (χ0) is 9.52. The summed E-state index contributed by atoms with van der Waals surface area (Å²) in [5, 5.41) is 12.3. The Morgan fingerprint density at radius 2 is 2.08 bits per heavy atom. The minimum absolute atomic E-state index is 0.197. The highest BCUT2D eigenvalue weighted by Crippen LogP contribution is 2.15. The van der Waals surface area contributed by atoms with Gasteiger partial charge in [0.2, 0.25) is 0 Å². The molecule has 0 amide bonds. The third-order valence-electron chi connectivity index (χ3n) is 1.36. The largest absolute Gasteiger partial charge is 0.508 e. The molecule has 0 unspecified atom stereocenters. The Kier molecular flexibility index (Phi) is 3.47. The molecule has 0 spiro atoms. The lowest BCUT2D eigenvalue weighted by molar-refractivity contribution is 0.327. The van der Waals surface area contributed by atoms with E-state index in [9.17, 15) is 0 Å². The lowest BCUT2D eigenvalue weighted by Crippen LogP contribution is -1.99. The van der Waals surface area contributed by atoms with E-state index in [1.54, 1.807) is 12.1 Å². The Hall–Kier alpha value is -1.87. The van der Waals surface area contributed by atoms with Gasteiger partial charge in [0.15, 0.2) is 0 Å². The van der Waals surface area contributed by atoms with Gasteiger partial charge in [-0.05, 0) is 29.8 Å².